The van der Waals surface area contributed by atoms with E-state index >= 15 is 0 Å². The van der Waals surface area contributed by atoms with Crippen molar-refractivity contribution in [1.82, 2.24) is 10.3 Å². The molecule has 3 heteroatoms. The van der Waals surface area contributed by atoms with Crippen LogP contribution in [0.4, 0.5) is 5.69 Å². The van der Waals surface area contributed by atoms with E-state index in [1.54, 1.807) is 0 Å². The molecule has 1 heterocycles. The zero-order chi connectivity index (χ0) is 14.5. The fraction of sp³-hybridized carbons (Fsp3) is 0.706. The van der Waals surface area contributed by atoms with Gasteiger partial charge in [-0.15, -0.1) is 0 Å². The van der Waals surface area contributed by atoms with Crippen molar-refractivity contribution in [3.63, 3.8) is 0 Å². The van der Waals surface area contributed by atoms with E-state index in [-0.39, 0.29) is 0 Å². The fourth-order valence-electron chi connectivity index (χ4n) is 2.53. The summed E-state index contributed by atoms with van der Waals surface area (Å²) in [5, 5.41) is 3.49. The lowest BCUT2D eigenvalue weighted by Crippen LogP contribution is -2.30. The summed E-state index contributed by atoms with van der Waals surface area (Å²) in [6, 6.07) is 5.51. The average molecular weight is 275 g/mol. The van der Waals surface area contributed by atoms with Gasteiger partial charge in [-0.25, -0.2) is 0 Å². The van der Waals surface area contributed by atoms with Gasteiger partial charge >= 0.3 is 0 Å². The van der Waals surface area contributed by atoms with Crippen molar-refractivity contribution in [2.75, 3.05) is 18.0 Å². The Morgan fingerprint density at radius 3 is 2.55 bits per heavy atom. The summed E-state index contributed by atoms with van der Waals surface area (Å²) in [5.41, 5.74) is 2.43. The third-order valence-electron chi connectivity index (χ3n) is 3.80. The molecular weight excluding hydrogens is 246 g/mol. The van der Waals surface area contributed by atoms with Gasteiger partial charge in [-0.05, 0) is 50.8 Å². The maximum Gasteiger partial charge on any atom is 0.0572 e. The Hall–Kier alpha value is -1.09. The molecule has 0 aliphatic heterocycles. The standard InChI is InChI=1S/C17H29N3/c1-5-10-18-14(4)17-9-8-16(11-19-17)20(12-13(2)3)15-6-7-15/h8-9,11,13-15,18H,5-7,10,12H2,1-4H3. The molecule has 20 heavy (non-hydrogen) atoms. The van der Waals surface area contributed by atoms with E-state index < -0.39 is 0 Å². The molecular formula is C17H29N3. The smallest absolute Gasteiger partial charge is 0.0572 e. The molecule has 0 bridgehead atoms. The number of rotatable bonds is 8. The normalized spacial score (nSPS) is 16.4. The molecule has 1 fully saturated rings. The van der Waals surface area contributed by atoms with Gasteiger partial charge in [0.1, 0.15) is 0 Å². The zero-order valence-electron chi connectivity index (χ0n) is 13.4. The maximum atomic E-state index is 4.67. The first kappa shape index (κ1) is 15.3. The number of hydrogen-bond donors (Lipinski definition) is 1. The average Bonchev–Trinajstić information content (AvgIpc) is 3.26. The highest BCUT2D eigenvalue weighted by Gasteiger charge is 2.29. The second kappa shape index (κ2) is 7.07. The molecule has 112 valence electrons. The van der Waals surface area contributed by atoms with Crippen LogP contribution in [0.15, 0.2) is 18.3 Å². The van der Waals surface area contributed by atoms with Crippen molar-refractivity contribution in [1.29, 1.82) is 0 Å². The Balaban J connectivity index is 2.02. The lowest BCUT2D eigenvalue weighted by atomic mass is 10.1. The Kier molecular flexibility index (Phi) is 5.41. The molecule has 0 saturated heterocycles. The summed E-state index contributed by atoms with van der Waals surface area (Å²) < 4.78 is 0. The first-order chi connectivity index (χ1) is 9.61. The number of nitrogens with zero attached hydrogens (tertiary/aromatic N) is 2. The molecule has 1 aromatic heterocycles. The van der Waals surface area contributed by atoms with Crippen LogP contribution < -0.4 is 10.2 Å². The summed E-state index contributed by atoms with van der Waals surface area (Å²) >= 11 is 0. The molecule has 1 unspecified atom stereocenters. The van der Waals surface area contributed by atoms with Gasteiger partial charge < -0.3 is 10.2 Å². The SMILES string of the molecule is CCCNC(C)c1ccc(N(CC(C)C)C2CC2)cn1. The second-order valence-corrected chi connectivity index (χ2v) is 6.39. The molecule has 0 amide bonds. The van der Waals surface area contributed by atoms with E-state index in [1.807, 2.05) is 0 Å². The second-order valence-electron chi connectivity index (χ2n) is 6.39. The Labute approximate surface area is 123 Å². The van der Waals surface area contributed by atoms with Crippen LogP contribution in [0, 0.1) is 5.92 Å². The van der Waals surface area contributed by atoms with E-state index in [1.165, 1.54) is 18.5 Å². The van der Waals surface area contributed by atoms with Crippen LogP contribution in [0.3, 0.4) is 0 Å². The van der Waals surface area contributed by atoms with Gasteiger partial charge in [0.15, 0.2) is 0 Å². The largest absolute Gasteiger partial charge is 0.367 e. The van der Waals surface area contributed by atoms with E-state index in [0.29, 0.717) is 12.0 Å². The third kappa shape index (κ3) is 4.20. The van der Waals surface area contributed by atoms with Gasteiger partial charge in [0.05, 0.1) is 17.6 Å². The van der Waals surface area contributed by atoms with Gasteiger partial charge in [-0.1, -0.05) is 20.8 Å². The van der Waals surface area contributed by atoms with Crippen molar-refractivity contribution in [2.45, 2.75) is 59.0 Å². The summed E-state index contributed by atoms with van der Waals surface area (Å²) in [5.74, 6) is 0.695. The molecule has 0 spiro atoms. The number of aromatic nitrogens is 1. The fourth-order valence-corrected chi connectivity index (χ4v) is 2.53. The summed E-state index contributed by atoms with van der Waals surface area (Å²) in [6.45, 7) is 11.1. The predicted octanol–water partition coefficient (Wildman–Crippen LogP) is 3.77. The van der Waals surface area contributed by atoms with Gasteiger partial charge in [0.2, 0.25) is 0 Å². The molecule has 3 nitrogen and oxygen atoms in total. The zero-order valence-corrected chi connectivity index (χ0v) is 13.4. The van der Waals surface area contributed by atoms with Crippen LogP contribution >= 0.6 is 0 Å². The van der Waals surface area contributed by atoms with E-state index in [4.69, 9.17) is 0 Å². The van der Waals surface area contributed by atoms with Crippen molar-refractivity contribution in [3.05, 3.63) is 24.0 Å². The Morgan fingerprint density at radius 2 is 2.05 bits per heavy atom. The topological polar surface area (TPSA) is 28.2 Å². The first-order valence-corrected chi connectivity index (χ1v) is 8.07. The molecule has 1 N–H and O–H groups in total. The number of nitrogens with one attached hydrogen (secondary N) is 1. The van der Waals surface area contributed by atoms with E-state index in [0.717, 1.165) is 31.2 Å². The maximum absolute atomic E-state index is 4.67. The lowest BCUT2D eigenvalue weighted by molar-refractivity contribution is 0.558. The molecule has 1 aliphatic rings. The lowest BCUT2D eigenvalue weighted by Gasteiger charge is -2.26. The van der Waals surface area contributed by atoms with Gasteiger partial charge in [-0.3, -0.25) is 4.98 Å². The molecule has 0 radical (unpaired) electrons. The quantitative estimate of drug-likeness (QED) is 0.783. The number of pyridine rings is 1. The summed E-state index contributed by atoms with van der Waals surface area (Å²) in [4.78, 5) is 7.20. The van der Waals surface area contributed by atoms with Crippen LogP contribution in [0.5, 0.6) is 0 Å². The van der Waals surface area contributed by atoms with Crippen molar-refractivity contribution in [2.24, 2.45) is 5.92 Å². The Morgan fingerprint density at radius 1 is 1.30 bits per heavy atom. The highest BCUT2D eigenvalue weighted by Crippen LogP contribution is 2.32. The van der Waals surface area contributed by atoms with Crippen LogP contribution in [0.2, 0.25) is 0 Å². The summed E-state index contributed by atoms with van der Waals surface area (Å²) in [7, 11) is 0. The minimum atomic E-state index is 0.337. The van der Waals surface area contributed by atoms with Crippen molar-refractivity contribution in [3.8, 4) is 0 Å². The van der Waals surface area contributed by atoms with Crippen LogP contribution in [0.1, 0.15) is 58.7 Å². The highest BCUT2D eigenvalue weighted by atomic mass is 15.2. The van der Waals surface area contributed by atoms with Gasteiger partial charge in [-0.2, -0.15) is 0 Å². The van der Waals surface area contributed by atoms with Gasteiger partial charge in [0, 0.05) is 18.6 Å². The minimum absolute atomic E-state index is 0.337. The monoisotopic (exact) mass is 275 g/mol. The van der Waals surface area contributed by atoms with Crippen LogP contribution in [-0.2, 0) is 0 Å². The highest BCUT2D eigenvalue weighted by molar-refractivity contribution is 5.47. The Bertz CT molecular complexity index is 395. The van der Waals surface area contributed by atoms with Crippen LogP contribution in [-0.4, -0.2) is 24.1 Å². The third-order valence-corrected chi connectivity index (χ3v) is 3.80. The van der Waals surface area contributed by atoms with Crippen LogP contribution in [0.25, 0.3) is 0 Å². The molecule has 2 rings (SSSR count). The summed E-state index contributed by atoms with van der Waals surface area (Å²) in [6.07, 6.45) is 5.89. The van der Waals surface area contributed by atoms with E-state index in [9.17, 15) is 0 Å². The number of hydrogen-bond acceptors (Lipinski definition) is 3. The number of anilines is 1. The molecule has 1 atom stereocenters. The predicted molar refractivity (Wildman–Crippen MR) is 86.2 cm³/mol. The van der Waals surface area contributed by atoms with Crippen molar-refractivity contribution < 1.29 is 0 Å². The van der Waals surface area contributed by atoms with Gasteiger partial charge in [0.25, 0.3) is 0 Å². The molecule has 1 aliphatic carbocycles. The molecule has 0 aromatic carbocycles. The van der Waals surface area contributed by atoms with Crippen molar-refractivity contribution >= 4 is 5.69 Å². The van der Waals surface area contributed by atoms with E-state index in [2.05, 4.69) is 61.2 Å². The molecule has 1 saturated carbocycles. The first-order valence-electron chi connectivity index (χ1n) is 8.07. The molecule has 1 aromatic rings. The minimum Gasteiger partial charge on any atom is -0.367 e.